The number of allylic oxidation sites excluding steroid dienone is 1. The van der Waals surface area contributed by atoms with Crippen molar-refractivity contribution in [2.45, 2.75) is 33.2 Å². The summed E-state index contributed by atoms with van der Waals surface area (Å²) in [4.78, 5) is 16.6. The fourth-order valence-electron chi connectivity index (χ4n) is 3.04. The van der Waals surface area contributed by atoms with E-state index in [0.717, 1.165) is 44.3 Å². The maximum Gasteiger partial charge on any atom is 0.176 e. The summed E-state index contributed by atoms with van der Waals surface area (Å²) in [6.07, 6.45) is 7.39. The van der Waals surface area contributed by atoms with Crippen LogP contribution in [0.25, 0.3) is 0 Å². The van der Waals surface area contributed by atoms with Gasteiger partial charge in [0.15, 0.2) is 11.7 Å². The van der Waals surface area contributed by atoms with Crippen molar-refractivity contribution in [3.8, 4) is 0 Å². The average molecular weight is 301 g/mol. The molecule has 0 aliphatic carbocycles. The topological polar surface area (TPSA) is 34.4 Å². The van der Waals surface area contributed by atoms with Gasteiger partial charge in [-0.15, -0.1) is 0 Å². The number of likely N-dealkylation sites (N-methyl/N-ethyl adjacent to an activating group) is 1. The van der Waals surface area contributed by atoms with Crippen molar-refractivity contribution >= 4 is 11.7 Å². The predicted molar refractivity (Wildman–Crippen MR) is 91.9 cm³/mol. The number of hydrogen-bond donors (Lipinski definition) is 0. The second kappa shape index (κ2) is 6.24. The molecule has 0 bridgehead atoms. The van der Waals surface area contributed by atoms with Gasteiger partial charge in [0.25, 0.3) is 0 Å². The molecule has 1 atom stereocenters. The molecule has 0 radical (unpaired) electrons. The average Bonchev–Trinajstić information content (AvgIpc) is 2.48. The van der Waals surface area contributed by atoms with Gasteiger partial charge in [-0.3, -0.25) is 4.99 Å². The minimum atomic E-state index is 0.224. The van der Waals surface area contributed by atoms with Crippen molar-refractivity contribution in [2.75, 3.05) is 33.2 Å². The Labute approximate surface area is 133 Å². The quantitative estimate of drug-likeness (QED) is 0.784. The van der Waals surface area contributed by atoms with Crippen LogP contribution in [0.3, 0.4) is 0 Å². The number of nitrogens with zero attached hydrogens (tertiary/aromatic N) is 5. The molecule has 3 heterocycles. The molecule has 22 heavy (non-hydrogen) atoms. The summed E-state index contributed by atoms with van der Waals surface area (Å²) in [5.41, 5.74) is 1.25. The molecule has 0 aromatic heterocycles. The standard InChI is InChI=1S/C17H27N5/c1-13(2)11-15-12-18-16(21-9-7-20(4)8-10-21)17-19-14(3)5-6-22(15)17/h5-6,12-14H,7-11H2,1-4H3. The van der Waals surface area contributed by atoms with Gasteiger partial charge in [-0.2, -0.15) is 0 Å². The van der Waals surface area contributed by atoms with Crippen molar-refractivity contribution in [3.05, 3.63) is 24.2 Å². The van der Waals surface area contributed by atoms with Gasteiger partial charge in [0.05, 0.1) is 6.04 Å². The van der Waals surface area contributed by atoms with E-state index in [2.05, 4.69) is 54.8 Å². The Morgan fingerprint density at radius 3 is 2.59 bits per heavy atom. The van der Waals surface area contributed by atoms with Gasteiger partial charge in [-0.05, 0) is 32.4 Å². The Hall–Kier alpha value is -1.62. The molecule has 0 amide bonds. The van der Waals surface area contributed by atoms with E-state index < -0.39 is 0 Å². The number of hydrogen-bond acceptors (Lipinski definition) is 5. The van der Waals surface area contributed by atoms with Crippen molar-refractivity contribution in [2.24, 2.45) is 15.9 Å². The minimum Gasteiger partial charge on any atom is -0.351 e. The molecule has 1 fully saturated rings. The van der Waals surface area contributed by atoms with Crippen LogP contribution in [0, 0.1) is 5.92 Å². The number of fused-ring (bicyclic) bond motifs is 1. The molecule has 0 saturated carbocycles. The normalized spacial score (nSPS) is 25.9. The Bertz CT molecular complexity index is 535. The van der Waals surface area contributed by atoms with Gasteiger partial charge in [-0.1, -0.05) is 13.8 Å². The van der Waals surface area contributed by atoms with Crippen molar-refractivity contribution in [1.82, 2.24) is 14.7 Å². The summed E-state index contributed by atoms with van der Waals surface area (Å²) in [6.45, 7) is 10.8. The zero-order valence-electron chi connectivity index (χ0n) is 14.2. The molecule has 5 heteroatoms. The van der Waals surface area contributed by atoms with Gasteiger partial charge in [0.1, 0.15) is 0 Å². The van der Waals surface area contributed by atoms with E-state index in [1.54, 1.807) is 0 Å². The number of rotatable bonds is 2. The van der Waals surface area contributed by atoms with Crippen LogP contribution in [0.4, 0.5) is 0 Å². The summed E-state index contributed by atoms with van der Waals surface area (Å²) in [7, 11) is 2.18. The molecule has 0 spiro atoms. The second-order valence-electron chi connectivity index (χ2n) is 6.87. The summed E-state index contributed by atoms with van der Waals surface area (Å²) in [5, 5.41) is 0. The van der Waals surface area contributed by atoms with Crippen LogP contribution >= 0.6 is 0 Å². The van der Waals surface area contributed by atoms with Crippen LogP contribution in [0.1, 0.15) is 27.2 Å². The third kappa shape index (κ3) is 3.09. The summed E-state index contributed by atoms with van der Waals surface area (Å²) < 4.78 is 0. The molecule has 0 aromatic carbocycles. The fourth-order valence-corrected chi connectivity index (χ4v) is 3.04. The molecule has 3 rings (SSSR count). The molecular formula is C17H27N5. The summed E-state index contributed by atoms with van der Waals surface area (Å²) in [5.74, 6) is 2.68. The minimum absolute atomic E-state index is 0.224. The van der Waals surface area contributed by atoms with E-state index >= 15 is 0 Å². The fraction of sp³-hybridized carbons (Fsp3) is 0.647. The smallest absolute Gasteiger partial charge is 0.176 e. The lowest BCUT2D eigenvalue weighted by Crippen LogP contribution is -2.53. The van der Waals surface area contributed by atoms with Gasteiger partial charge >= 0.3 is 0 Å². The van der Waals surface area contributed by atoms with Crippen LogP contribution < -0.4 is 0 Å². The maximum atomic E-state index is 4.87. The second-order valence-corrected chi connectivity index (χ2v) is 6.87. The molecular weight excluding hydrogens is 274 g/mol. The third-order valence-corrected chi connectivity index (χ3v) is 4.33. The van der Waals surface area contributed by atoms with Gasteiger partial charge in [0, 0.05) is 44.3 Å². The molecule has 3 aliphatic heterocycles. The first kappa shape index (κ1) is 15.3. The van der Waals surface area contributed by atoms with Gasteiger partial charge in [-0.25, -0.2) is 4.99 Å². The number of piperazine rings is 1. The first-order chi connectivity index (χ1) is 10.5. The summed E-state index contributed by atoms with van der Waals surface area (Å²) >= 11 is 0. The lowest BCUT2D eigenvalue weighted by Gasteiger charge is -2.39. The molecule has 120 valence electrons. The van der Waals surface area contributed by atoms with E-state index in [4.69, 9.17) is 9.98 Å². The van der Waals surface area contributed by atoms with Gasteiger partial charge < -0.3 is 14.7 Å². The van der Waals surface area contributed by atoms with Crippen LogP contribution in [0.15, 0.2) is 34.2 Å². The SMILES string of the molecule is CC(C)CC1=CN=C(N2CCN(C)CC2)C2=NC(C)C=CN12. The van der Waals surface area contributed by atoms with E-state index in [9.17, 15) is 0 Å². The lowest BCUT2D eigenvalue weighted by atomic mass is 10.1. The number of aliphatic imine (C=N–C) groups is 2. The number of amidine groups is 2. The highest BCUT2D eigenvalue weighted by Gasteiger charge is 2.30. The highest BCUT2D eigenvalue weighted by atomic mass is 15.3. The van der Waals surface area contributed by atoms with Crippen molar-refractivity contribution in [1.29, 1.82) is 0 Å². The van der Waals surface area contributed by atoms with Crippen LogP contribution in [-0.2, 0) is 0 Å². The van der Waals surface area contributed by atoms with Crippen LogP contribution in [0.2, 0.25) is 0 Å². The molecule has 5 nitrogen and oxygen atoms in total. The molecule has 3 aliphatic rings. The van der Waals surface area contributed by atoms with Crippen LogP contribution in [0.5, 0.6) is 0 Å². The Balaban J connectivity index is 1.88. The van der Waals surface area contributed by atoms with Crippen molar-refractivity contribution < 1.29 is 0 Å². The molecule has 1 unspecified atom stereocenters. The van der Waals surface area contributed by atoms with E-state index in [-0.39, 0.29) is 6.04 Å². The highest BCUT2D eigenvalue weighted by Crippen LogP contribution is 2.25. The van der Waals surface area contributed by atoms with E-state index in [0.29, 0.717) is 5.92 Å². The monoisotopic (exact) mass is 301 g/mol. The third-order valence-electron chi connectivity index (χ3n) is 4.33. The van der Waals surface area contributed by atoms with Gasteiger partial charge in [0.2, 0.25) is 0 Å². The van der Waals surface area contributed by atoms with Crippen LogP contribution in [-0.4, -0.2) is 65.6 Å². The lowest BCUT2D eigenvalue weighted by molar-refractivity contribution is 0.216. The zero-order valence-corrected chi connectivity index (χ0v) is 14.2. The maximum absolute atomic E-state index is 4.87. The molecule has 0 aromatic rings. The summed E-state index contributed by atoms with van der Waals surface area (Å²) in [6, 6.07) is 0.224. The zero-order chi connectivity index (χ0) is 15.7. The Morgan fingerprint density at radius 1 is 1.18 bits per heavy atom. The first-order valence-corrected chi connectivity index (χ1v) is 8.30. The first-order valence-electron chi connectivity index (χ1n) is 8.30. The van der Waals surface area contributed by atoms with Crippen molar-refractivity contribution in [3.63, 3.8) is 0 Å². The predicted octanol–water partition coefficient (Wildman–Crippen LogP) is 2.15. The Kier molecular flexibility index (Phi) is 4.34. The van der Waals surface area contributed by atoms with E-state index in [1.165, 1.54) is 5.70 Å². The largest absolute Gasteiger partial charge is 0.351 e. The Morgan fingerprint density at radius 2 is 1.91 bits per heavy atom. The van der Waals surface area contributed by atoms with E-state index in [1.807, 2.05) is 6.20 Å². The highest BCUT2D eigenvalue weighted by molar-refractivity contribution is 6.41. The molecule has 0 N–H and O–H groups in total. The molecule has 1 saturated heterocycles.